The van der Waals surface area contributed by atoms with Gasteiger partial charge in [-0.2, -0.15) is 0 Å². The summed E-state index contributed by atoms with van der Waals surface area (Å²) in [5.74, 6) is 0.288. The summed E-state index contributed by atoms with van der Waals surface area (Å²) in [5, 5.41) is 8.55. The third kappa shape index (κ3) is 5.80. The van der Waals surface area contributed by atoms with E-state index in [9.17, 15) is 0 Å². The second-order valence-electron chi connectivity index (χ2n) is 2.36. The second kappa shape index (κ2) is 6.05. The van der Waals surface area contributed by atoms with E-state index in [0.717, 1.165) is 13.0 Å². The van der Waals surface area contributed by atoms with Crippen molar-refractivity contribution >= 4 is 0 Å². The van der Waals surface area contributed by atoms with Gasteiger partial charge >= 0.3 is 0 Å². The van der Waals surface area contributed by atoms with Crippen LogP contribution < -0.4 is 0 Å². The maximum Gasteiger partial charge on any atom is 0.0513 e. The Balaban J connectivity index is 2.88. The quantitative estimate of drug-likeness (QED) is 0.566. The molecule has 0 unspecified atom stereocenters. The first-order valence-electron chi connectivity index (χ1n) is 3.49. The van der Waals surface area contributed by atoms with Crippen molar-refractivity contribution in [1.82, 2.24) is 0 Å². The molecule has 0 aliphatic rings. The highest BCUT2D eigenvalue weighted by Crippen LogP contribution is 1.93. The lowest BCUT2D eigenvalue weighted by Gasteiger charge is -2.06. The highest BCUT2D eigenvalue weighted by Gasteiger charge is 1.97. The third-order valence-electron chi connectivity index (χ3n) is 1.06. The van der Waals surface area contributed by atoms with Gasteiger partial charge in [0.2, 0.25) is 0 Å². The fraction of sp³-hybridized carbons (Fsp3) is 1.00. The Hall–Kier alpha value is -0.0800. The molecular formula is C7H16O2. The second-order valence-corrected chi connectivity index (χ2v) is 2.36. The van der Waals surface area contributed by atoms with Gasteiger partial charge in [0.25, 0.3) is 0 Å². The molecule has 0 aliphatic carbocycles. The smallest absolute Gasteiger partial charge is 0.0513 e. The van der Waals surface area contributed by atoms with E-state index in [1.54, 1.807) is 0 Å². The molecule has 0 aromatic heterocycles. The molecule has 0 radical (unpaired) electrons. The Morgan fingerprint density at radius 1 is 1.56 bits per heavy atom. The van der Waals surface area contributed by atoms with Gasteiger partial charge < -0.3 is 9.84 Å². The van der Waals surface area contributed by atoms with Crippen LogP contribution in [0, 0.1) is 5.92 Å². The highest BCUT2D eigenvalue weighted by molar-refractivity contribution is 4.45. The molecule has 9 heavy (non-hydrogen) atoms. The van der Waals surface area contributed by atoms with Crippen molar-refractivity contribution < 1.29 is 9.84 Å². The van der Waals surface area contributed by atoms with E-state index in [0.29, 0.717) is 6.61 Å². The van der Waals surface area contributed by atoms with E-state index >= 15 is 0 Å². The third-order valence-corrected chi connectivity index (χ3v) is 1.06. The van der Waals surface area contributed by atoms with Crippen LogP contribution in [0.4, 0.5) is 0 Å². The lowest BCUT2D eigenvalue weighted by Crippen LogP contribution is -2.09. The van der Waals surface area contributed by atoms with Gasteiger partial charge in [-0.25, -0.2) is 0 Å². The molecule has 0 heterocycles. The molecule has 0 saturated heterocycles. The average molecular weight is 132 g/mol. The Morgan fingerprint density at radius 3 is 2.67 bits per heavy atom. The molecule has 0 bridgehead atoms. The summed E-state index contributed by atoms with van der Waals surface area (Å²) >= 11 is 0. The molecular weight excluding hydrogens is 116 g/mol. The van der Waals surface area contributed by atoms with E-state index in [1.807, 2.05) is 6.92 Å². The number of hydrogen-bond acceptors (Lipinski definition) is 2. The average Bonchev–Trinajstić information content (AvgIpc) is 1.89. The summed E-state index contributed by atoms with van der Waals surface area (Å²) in [6, 6.07) is 0. The Morgan fingerprint density at radius 2 is 2.22 bits per heavy atom. The Bertz CT molecular complexity index is 54.9. The zero-order chi connectivity index (χ0) is 7.11. The maximum atomic E-state index is 8.55. The molecule has 0 saturated carbocycles. The van der Waals surface area contributed by atoms with Crippen LogP contribution in [0.1, 0.15) is 20.3 Å². The Kier molecular flexibility index (Phi) is 5.99. The first-order chi connectivity index (χ1) is 4.31. The number of ether oxygens (including phenoxy) is 1. The number of hydrogen-bond donors (Lipinski definition) is 1. The molecule has 0 aromatic rings. The number of rotatable bonds is 5. The van der Waals surface area contributed by atoms with Crippen LogP contribution in [0.5, 0.6) is 0 Å². The van der Waals surface area contributed by atoms with Gasteiger partial charge in [0.1, 0.15) is 0 Å². The van der Waals surface area contributed by atoms with Gasteiger partial charge in [-0.1, -0.05) is 13.8 Å². The first kappa shape index (κ1) is 8.92. The van der Waals surface area contributed by atoms with E-state index in [-0.39, 0.29) is 12.5 Å². The first-order valence-corrected chi connectivity index (χ1v) is 3.49. The van der Waals surface area contributed by atoms with Crippen LogP contribution in [0.3, 0.4) is 0 Å². The zero-order valence-corrected chi connectivity index (χ0v) is 6.26. The van der Waals surface area contributed by atoms with Crippen LogP contribution in [0.2, 0.25) is 0 Å². The van der Waals surface area contributed by atoms with E-state index in [4.69, 9.17) is 9.84 Å². The van der Waals surface area contributed by atoms with Crippen LogP contribution in [0.25, 0.3) is 0 Å². The summed E-state index contributed by atoms with van der Waals surface area (Å²) in [6.07, 6.45) is 1.05. The van der Waals surface area contributed by atoms with Crippen molar-refractivity contribution in [1.29, 1.82) is 0 Å². The number of aliphatic hydroxyl groups excluding tert-OH is 1. The fourth-order valence-corrected chi connectivity index (χ4v) is 0.482. The van der Waals surface area contributed by atoms with Gasteiger partial charge in [0.15, 0.2) is 0 Å². The van der Waals surface area contributed by atoms with Crippen molar-refractivity contribution in [2.75, 3.05) is 19.8 Å². The van der Waals surface area contributed by atoms with Crippen molar-refractivity contribution in [3.05, 3.63) is 0 Å². The van der Waals surface area contributed by atoms with E-state index in [2.05, 4.69) is 6.92 Å². The lowest BCUT2D eigenvalue weighted by molar-refractivity contribution is 0.0804. The largest absolute Gasteiger partial charge is 0.396 e. The molecule has 0 aliphatic heterocycles. The standard InChI is InChI=1S/C7H16O2/c1-3-4-9-6-7(2)5-8/h7-8H,3-6H2,1-2H3/t7-/m1/s1. The minimum absolute atomic E-state index is 0.226. The SMILES string of the molecule is CCCOC[C@H](C)CO. The monoisotopic (exact) mass is 132 g/mol. The van der Waals surface area contributed by atoms with Gasteiger partial charge in [-0.3, -0.25) is 0 Å². The van der Waals surface area contributed by atoms with Crippen LogP contribution in [-0.4, -0.2) is 24.9 Å². The van der Waals surface area contributed by atoms with Gasteiger partial charge in [0, 0.05) is 19.1 Å². The van der Waals surface area contributed by atoms with Gasteiger partial charge in [0.05, 0.1) is 6.61 Å². The van der Waals surface area contributed by atoms with Crippen molar-refractivity contribution in [3.8, 4) is 0 Å². The van der Waals surface area contributed by atoms with Gasteiger partial charge in [-0.15, -0.1) is 0 Å². The van der Waals surface area contributed by atoms with Crippen molar-refractivity contribution in [2.45, 2.75) is 20.3 Å². The van der Waals surface area contributed by atoms with Crippen LogP contribution >= 0.6 is 0 Å². The molecule has 56 valence electrons. The molecule has 1 N–H and O–H groups in total. The normalized spacial score (nSPS) is 13.7. The molecule has 0 amide bonds. The zero-order valence-electron chi connectivity index (χ0n) is 6.26. The van der Waals surface area contributed by atoms with Gasteiger partial charge in [-0.05, 0) is 6.42 Å². The molecule has 2 nitrogen and oxygen atoms in total. The summed E-state index contributed by atoms with van der Waals surface area (Å²) in [4.78, 5) is 0. The van der Waals surface area contributed by atoms with Crippen molar-refractivity contribution in [2.24, 2.45) is 5.92 Å². The Labute approximate surface area is 56.8 Å². The van der Waals surface area contributed by atoms with Crippen LogP contribution in [0.15, 0.2) is 0 Å². The predicted octanol–water partition coefficient (Wildman–Crippen LogP) is 1.04. The molecule has 0 fully saturated rings. The summed E-state index contributed by atoms with van der Waals surface area (Å²) in [6.45, 7) is 5.76. The lowest BCUT2D eigenvalue weighted by atomic mass is 10.2. The highest BCUT2D eigenvalue weighted by atomic mass is 16.5. The molecule has 1 atom stereocenters. The van der Waals surface area contributed by atoms with Crippen molar-refractivity contribution in [3.63, 3.8) is 0 Å². The maximum absolute atomic E-state index is 8.55. The summed E-state index contributed by atoms with van der Waals surface area (Å²) < 4.78 is 5.18. The fourth-order valence-electron chi connectivity index (χ4n) is 0.482. The topological polar surface area (TPSA) is 29.5 Å². The minimum atomic E-state index is 0.226. The number of aliphatic hydroxyl groups is 1. The molecule has 2 heteroatoms. The molecule has 0 spiro atoms. The van der Waals surface area contributed by atoms with E-state index in [1.165, 1.54) is 0 Å². The molecule has 0 aromatic carbocycles. The van der Waals surface area contributed by atoms with Crippen LogP contribution in [-0.2, 0) is 4.74 Å². The minimum Gasteiger partial charge on any atom is -0.396 e. The summed E-state index contributed by atoms with van der Waals surface area (Å²) in [5.41, 5.74) is 0. The molecule has 0 rings (SSSR count). The summed E-state index contributed by atoms with van der Waals surface area (Å²) in [7, 11) is 0. The van der Waals surface area contributed by atoms with E-state index < -0.39 is 0 Å². The predicted molar refractivity (Wildman–Crippen MR) is 37.4 cm³/mol.